The summed E-state index contributed by atoms with van der Waals surface area (Å²) in [5.74, 6) is 1.04. The van der Waals surface area contributed by atoms with Crippen molar-refractivity contribution in [3.05, 3.63) is 24.3 Å². The second kappa shape index (κ2) is 10.5. The number of carbonyl (C=O) groups excluding carboxylic acids is 1. The monoisotopic (exact) mass is 288 g/mol. The van der Waals surface area contributed by atoms with Crippen molar-refractivity contribution >= 4 is 18.3 Å². The smallest absolute Gasteiger partial charge is 0.257 e. The van der Waals surface area contributed by atoms with E-state index in [-0.39, 0.29) is 24.9 Å². The Hall–Kier alpha value is -1.46. The number of halogens is 1. The fourth-order valence-electron chi connectivity index (χ4n) is 1.43. The molecule has 19 heavy (non-hydrogen) atoms. The number of unbranched alkanes of at least 4 members (excludes halogenated alkanes) is 1. The molecule has 0 aliphatic carbocycles. The van der Waals surface area contributed by atoms with Gasteiger partial charge < -0.3 is 20.5 Å². The molecule has 6 heteroatoms. The summed E-state index contributed by atoms with van der Waals surface area (Å²) in [6.45, 7) is 1.27. The van der Waals surface area contributed by atoms with Gasteiger partial charge in [-0.25, -0.2) is 0 Å². The lowest BCUT2D eigenvalue weighted by atomic mass is 10.3. The Morgan fingerprint density at radius 3 is 2.58 bits per heavy atom. The molecule has 5 nitrogen and oxygen atoms in total. The number of methoxy groups -OCH3 is 1. The van der Waals surface area contributed by atoms with Gasteiger partial charge in [0.05, 0.1) is 7.11 Å². The molecule has 0 saturated heterocycles. The normalized spacial score (nSPS) is 9.37. The number of rotatable bonds is 8. The highest BCUT2D eigenvalue weighted by Gasteiger charge is 2.05. The van der Waals surface area contributed by atoms with Crippen LogP contribution < -0.4 is 20.5 Å². The third-order valence-electron chi connectivity index (χ3n) is 2.38. The summed E-state index contributed by atoms with van der Waals surface area (Å²) in [5, 5.41) is 2.76. The number of hydrogen-bond donors (Lipinski definition) is 2. The first-order valence-corrected chi connectivity index (χ1v) is 6.00. The molecule has 1 aromatic carbocycles. The first-order chi connectivity index (χ1) is 8.77. The van der Waals surface area contributed by atoms with Gasteiger partial charge in [0, 0.05) is 6.54 Å². The van der Waals surface area contributed by atoms with E-state index in [9.17, 15) is 4.79 Å². The van der Waals surface area contributed by atoms with E-state index in [1.807, 2.05) is 12.1 Å². The van der Waals surface area contributed by atoms with Crippen LogP contribution in [0.25, 0.3) is 0 Å². The number of para-hydroxylation sites is 2. The van der Waals surface area contributed by atoms with Crippen molar-refractivity contribution < 1.29 is 14.3 Å². The predicted molar refractivity (Wildman–Crippen MR) is 77.0 cm³/mol. The Bertz CT molecular complexity index is 375. The van der Waals surface area contributed by atoms with E-state index in [4.69, 9.17) is 15.2 Å². The Morgan fingerprint density at radius 2 is 1.95 bits per heavy atom. The Labute approximate surface area is 119 Å². The van der Waals surface area contributed by atoms with Gasteiger partial charge in [-0.3, -0.25) is 4.79 Å². The summed E-state index contributed by atoms with van der Waals surface area (Å²) in [6, 6.07) is 7.23. The van der Waals surface area contributed by atoms with Crippen molar-refractivity contribution in [3.63, 3.8) is 0 Å². The molecule has 1 aromatic rings. The molecule has 0 aliphatic heterocycles. The third kappa shape index (κ3) is 6.88. The van der Waals surface area contributed by atoms with Crippen LogP contribution in [0.5, 0.6) is 11.5 Å². The van der Waals surface area contributed by atoms with Crippen LogP contribution >= 0.6 is 12.4 Å². The van der Waals surface area contributed by atoms with Gasteiger partial charge in [0.15, 0.2) is 18.1 Å². The van der Waals surface area contributed by atoms with E-state index in [2.05, 4.69) is 5.32 Å². The van der Waals surface area contributed by atoms with E-state index in [0.29, 0.717) is 24.6 Å². The number of ether oxygens (including phenoxy) is 2. The summed E-state index contributed by atoms with van der Waals surface area (Å²) in [5.41, 5.74) is 5.36. The lowest BCUT2D eigenvalue weighted by Gasteiger charge is -2.10. The van der Waals surface area contributed by atoms with Crippen molar-refractivity contribution in [1.29, 1.82) is 0 Å². The van der Waals surface area contributed by atoms with Gasteiger partial charge in [0.25, 0.3) is 5.91 Å². The minimum Gasteiger partial charge on any atom is -0.493 e. The zero-order valence-corrected chi connectivity index (χ0v) is 11.9. The highest BCUT2D eigenvalue weighted by Crippen LogP contribution is 2.25. The Balaban J connectivity index is 0.00000324. The van der Waals surface area contributed by atoms with Crippen molar-refractivity contribution in [1.82, 2.24) is 5.32 Å². The lowest BCUT2D eigenvalue weighted by molar-refractivity contribution is -0.123. The van der Waals surface area contributed by atoms with Crippen LogP contribution in [0, 0.1) is 0 Å². The number of amides is 1. The van der Waals surface area contributed by atoms with Gasteiger partial charge in [-0.05, 0) is 31.5 Å². The summed E-state index contributed by atoms with van der Waals surface area (Å²) >= 11 is 0. The van der Waals surface area contributed by atoms with Gasteiger partial charge in [0.1, 0.15) is 0 Å². The fourth-order valence-corrected chi connectivity index (χ4v) is 1.43. The number of carbonyl (C=O) groups is 1. The van der Waals surface area contributed by atoms with Crippen LogP contribution in [0.4, 0.5) is 0 Å². The lowest BCUT2D eigenvalue weighted by Crippen LogP contribution is -2.30. The minimum atomic E-state index is -0.141. The summed E-state index contributed by atoms with van der Waals surface area (Å²) in [4.78, 5) is 11.5. The van der Waals surface area contributed by atoms with E-state index in [1.54, 1.807) is 19.2 Å². The molecule has 1 rings (SSSR count). The van der Waals surface area contributed by atoms with Gasteiger partial charge in [-0.2, -0.15) is 0 Å². The third-order valence-corrected chi connectivity index (χ3v) is 2.38. The zero-order chi connectivity index (χ0) is 13.2. The average Bonchev–Trinajstić information content (AvgIpc) is 2.41. The van der Waals surface area contributed by atoms with Crippen LogP contribution in [0.3, 0.4) is 0 Å². The predicted octanol–water partition coefficient (Wildman–Crippen LogP) is 1.35. The first-order valence-electron chi connectivity index (χ1n) is 6.00. The van der Waals surface area contributed by atoms with Crippen LogP contribution in [0.2, 0.25) is 0 Å². The molecular formula is C13H21ClN2O3. The zero-order valence-electron chi connectivity index (χ0n) is 11.1. The number of benzene rings is 1. The van der Waals surface area contributed by atoms with E-state index in [1.165, 1.54) is 0 Å². The summed E-state index contributed by atoms with van der Waals surface area (Å²) < 4.78 is 10.5. The molecule has 108 valence electrons. The first kappa shape index (κ1) is 17.5. The highest BCUT2D eigenvalue weighted by molar-refractivity contribution is 5.85. The molecular weight excluding hydrogens is 268 g/mol. The van der Waals surface area contributed by atoms with Crippen molar-refractivity contribution in [2.75, 3.05) is 26.8 Å². The van der Waals surface area contributed by atoms with Crippen molar-refractivity contribution in [2.45, 2.75) is 12.8 Å². The van der Waals surface area contributed by atoms with Gasteiger partial charge in [-0.1, -0.05) is 12.1 Å². The second-order valence-electron chi connectivity index (χ2n) is 3.79. The largest absolute Gasteiger partial charge is 0.493 e. The topological polar surface area (TPSA) is 73.6 Å². The summed E-state index contributed by atoms with van der Waals surface area (Å²) in [7, 11) is 1.56. The fraction of sp³-hybridized carbons (Fsp3) is 0.462. The molecule has 0 bridgehead atoms. The second-order valence-corrected chi connectivity index (χ2v) is 3.79. The molecule has 0 aromatic heterocycles. The SMILES string of the molecule is COc1ccccc1OCC(=O)NCCCCN.Cl. The van der Waals surface area contributed by atoms with Crippen molar-refractivity contribution in [2.24, 2.45) is 5.73 Å². The minimum absolute atomic E-state index is 0. The van der Waals surface area contributed by atoms with Crippen LogP contribution in [-0.4, -0.2) is 32.7 Å². The molecule has 0 radical (unpaired) electrons. The molecule has 0 fully saturated rings. The van der Waals surface area contributed by atoms with Crippen LogP contribution in [-0.2, 0) is 4.79 Å². The maximum absolute atomic E-state index is 11.5. The van der Waals surface area contributed by atoms with Crippen LogP contribution in [0.15, 0.2) is 24.3 Å². The van der Waals surface area contributed by atoms with E-state index in [0.717, 1.165) is 12.8 Å². The van der Waals surface area contributed by atoms with Gasteiger partial charge in [-0.15, -0.1) is 12.4 Å². The molecule has 0 unspecified atom stereocenters. The molecule has 0 aliphatic rings. The summed E-state index contributed by atoms with van der Waals surface area (Å²) in [6.07, 6.45) is 1.80. The average molecular weight is 289 g/mol. The Morgan fingerprint density at radius 1 is 1.26 bits per heavy atom. The number of hydrogen-bond acceptors (Lipinski definition) is 4. The van der Waals surface area contributed by atoms with Gasteiger partial charge >= 0.3 is 0 Å². The quantitative estimate of drug-likeness (QED) is 0.708. The number of nitrogens with one attached hydrogen (secondary N) is 1. The highest BCUT2D eigenvalue weighted by atomic mass is 35.5. The maximum atomic E-state index is 11.5. The van der Waals surface area contributed by atoms with Crippen molar-refractivity contribution in [3.8, 4) is 11.5 Å². The van der Waals surface area contributed by atoms with Gasteiger partial charge in [0.2, 0.25) is 0 Å². The maximum Gasteiger partial charge on any atom is 0.257 e. The molecule has 0 atom stereocenters. The van der Waals surface area contributed by atoms with E-state index < -0.39 is 0 Å². The van der Waals surface area contributed by atoms with Crippen LogP contribution in [0.1, 0.15) is 12.8 Å². The standard InChI is InChI=1S/C13H20N2O3.ClH/c1-17-11-6-2-3-7-12(11)18-10-13(16)15-9-5-4-8-14;/h2-3,6-7H,4-5,8-10,14H2,1H3,(H,15,16);1H. The molecule has 0 spiro atoms. The molecule has 3 N–H and O–H groups in total. The molecule has 0 saturated carbocycles. The molecule has 0 heterocycles. The van der Waals surface area contributed by atoms with E-state index >= 15 is 0 Å². The Kier molecular flexibility index (Phi) is 9.66. The number of nitrogens with two attached hydrogens (primary N) is 1. The molecule has 1 amide bonds.